The second-order valence-corrected chi connectivity index (χ2v) is 5.69. The Morgan fingerprint density at radius 2 is 2.14 bits per heavy atom. The minimum absolute atomic E-state index is 0.0418. The standard InChI is InChI=1S/C16H20FNO4/c1-10-8-18(9-12(10)16(20)21)15(19)6-4-11-3-5-14(22-2)13(17)7-11/h3,5,7,10,12H,4,6,8-9H2,1-2H3,(H,20,21)/t10-,12-/m1/s1. The molecule has 5 nitrogen and oxygen atoms in total. The van der Waals surface area contributed by atoms with E-state index in [-0.39, 0.29) is 30.5 Å². The summed E-state index contributed by atoms with van der Waals surface area (Å²) < 4.78 is 18.4. The number of benzene rings is 1. The summed E-state index contributed by atoms with van der Waals surface area (Å²) in [6.45, 7) is 2.56. The van der Waals surface area contributed by atoms with Gasteiger partial charge in [0.25, 0.3) is 0 Å². The predicted molar refractivity (Wildman–Crippen MR) is 78.1 cm³/mol. The number of halogens is 1. The van der Waals surface area contributed by atoms with Gasteiger partial charge in [0.15, 0.2) is 11.6 Å². The molecule has 120 valence electrons. The third kappa shape index (κ3) is 3.55. The van der Waals surface area contributed by atoms with Crippen LogP contribution in [-0.4, -0.2) is 42.1 Å². The fourth-order valence-electron chi connectivity index (χ4n) is 2.77. The number of aryl methyl sites for hydroxylation is 1. The van der Waals surface area contributed by atoms with Crippen LogP contribution in [0.5, 0.6) is 5.75 Å². The van der Waals surface area contributed by atoms with E-state index in [1.807, 2.05) is 6.92 Å². The molecular formula is C16H20FNO4. The number of hydrogen-bond donors (Lipinski definition) is 1. The lowest BCUT2D eigenvalue weighted by Crippen LogP contribution is -2.30. The summed E-state index contributed by atoms with van der Waals surface area (Å²) in [5, 5.41) is 9.08. The van der Waals surface area contributed by atoms with Gasteiger partial charge in [-0.25, -0.2) is 4.39 Å². The molecule has 0 saturated carbocycles. The molecule has 1 fully saturated rings. The van der Waals surface area contributed by atoms with Crippen LogP contribution in [0.15, 0.2) is 18.2 Å². The smallest absolute Gasteiger partial charge is 0.308 e. The molecular weight excluding hydrogens is 289 g/mol. The summed E-state index contributed by atoms with van der Waals surface area (Å²) in [5.74, 6) is -1.77. The van der Waals surface area contributed by atoms with Crippen LogP contribution < -0.4 is 4.74 Å². The summed E-state index contributed by atoms with van der Waals surface area (Å²) in [7, 11) is 1.40. The molecule has 1 aromatic rings. The van der Waals surface area contributed by atoms with Gasteiger partial charge in [0, 0.05) is 19.5 Å². The third-order valence-electron chi connectivity index (χ3n) is 4.13. The van der Waals surface area contributed by atoms with Crippen LogP contribution in [-0.2, 0) is 16.0 Å². The Hall–Kier alpha value is -2.11. The number of rotatable bonds is 5. The summed E-state index contributed by atoms with van der Waals surface area (Å²) in [6.07, 6.45) is 0.660. The van der Waals surface area contributed by atoms with E-state index in [1.54, 1.807) is 11.0 Å². The number of carbonyl (C=O) groups is 2. The normalized spacial score (nSPS) is 21.0. The maximum absolute atomic E-state index is 13.6. The zero-order valence-electron chi connectivity index (χ0n) is 12.7. The van der Waals surface area contributed by atoms with Gasteiger partial charge in [-0.15, -0.1) is 0 Å². The Balaban J connectivity index is 1.91. The first-order valence-corrected chi connectivity index (χ1v) is 7.25. The zero-order valence-corrected chi connectivity index (χ0v) is 12.7. The van der Waals surface area contributed by atoms with Gasteiger partial charge in [-0.05, 0) is 30.0 Å². The monoisotopic (exact) mass is 309 g/mol. The molecule has 1 amide bonds. The molecule has 0 spiro atoms. The quantitative estimate of drug-likeness (QED) is 0.903. The van der Waals surface area contributed by atoms with Crippen LogP contribution in [0.4, 0.5) is 4.39 Å². The zero-order chi connectivity index (χ0) is 16.3. The van der Waals surface area contributed by atoms with E-state index in [1.165, 1.54) is 19.2 Å². The van der Waals surface area contributed by atoms with Gasteiger partial charge >= 0.3 is 5.97 Å². The summed E-state index contributed by atoms with van der Waals surface area (Å²) in [6, 6.07) is 4.62. The highest BCUT2D eigenvalue weighted by atomic mass is 19.1. The highest BCUT2D eigenvalue weighted by molar-refractivity contribution is 5.79. The van der Waals surface area contributed by atoms with Gasteiger partial charge in [-0.2, -0.15) is 0 Å². The number of aliphatic carboxylic acids is 1. The summed E-state index contributed by atoms with van der Waals surface area (Å²) in [5.41, 5.74) is 0.716. The average molecular weight is 309 g/mol. The Morgan fingerprint density at radius 1 is 1.41 bits per heavy atom. The van der Waals surface area contributed by atoms with E-state index in [4.69, 9.17) is 9.84 Å². The van der Waals surface area contributed by atoms with Crippen LogP contribution in [0.3, 0.4) is 0 Å². The molecule has 0 bridgehead atoms. The Morgan fingerprint density at radius 3 is 2.68 bits per heavy atom. The minimum atomic E-state index is -0.861. The molecule has 1 heterocycles. The Labute approximate surface area is 128 Å². The maximum atomic E-state index is 13.6. The molecule has 1 saturated heterocycles. The summed E-state index contributed by atoms with van der Waals surface area (Å²) in [4.78, 5) is 24.8. The number of ether oxygens (including phenoxy) is 1. The van der Waals surface area contributed by atoms with Gasteiger partial charge < -0.3 is 14.7 Å². The van der Waals surface area contributed by atoms with Crippen molar-refractivity contribution in [2.24, 2.45) is 11.8 Å². The van der Waals surface area contributed by atoms with Crippen molar-refractivity contribution in [1.82, 2.24) is 4.90 Å². The fourth-order valence-corrected chi connectivity index (χ4v) is 2.77. The minimum Gasteiger partial charge on any atom is -0.494 e. The van der Waals surface area contributed by atoms with Crippen LogP contribution in [0, 0.1) is 17.7 Å². The fraction of sp³-hybridized carbons (Fsp3) is 0.500. The number of carboxylic acid groups (broad SMARTS) is 1. The first-order chi connectivity index (χ1) is 10.4. The van der Waals surface area contributed by atoms with Crippen LogP contribution in [0.1, 0.15) is 18.9 Å². The molecule has 2 rings (SSSR count). The number of likely N-dealkylation sites (tertiary alicyclic amines) is 1. The molecule has 1 aliphatic rings. The van der Waals surface area contributed by atoms with Crippen molar-refractivity contribution < 1.29 is 23.8 Å². The highest BCUT2D eigenvalue weighted by Crippen LogP contribution is 2.24. The number of carbonyl (C=O) groups excluding carboxylic acids is 1. The molecule has 0 aromatic heterocycles. The van der Waals surface area contributed by atoms with Gasteiger partial charge in [-0.1, -0.05) is 13.0 Å². The van der Waals surface area contributed by atoms with Gasteiger partial charge in [-0.3, -0.25) is 9.59 Å². The van der Waals surface area contributed by atoms with Crippen molar-refractivity contribution >= 4 is 11.9 Å². The van der Waals surface area contributed by atoms with Gasteiger partial charge in [0.1, 0.15) is 0 Å². The number of nitrogens with zero attached hydrogens (tertiary/aromatic N) is 1. The number of methoxy groups -OCH3 is 1. The lowest BCUT2D eigenvalue weighted by Gasteiger charge is -2.16. The Bertz CT molecular complexity index is 575. The van der Waals surface area contributed by atoms with E-state index in [0.29, 0.717) is 18.5 Å². The van der Waals surface area contributed by atoms with E-state index >= 15 is 0 Å². The average Bonchev–Trinajstić information content (AvgIpc) is 2.87. The van der Waals surface area contributed by atoms with Crippen LogP contribution in [0.2, 0.25) is 0 Å². The first kappa shape index (κ1) is 16.3. The van der Waals surface area contributed by atoms with E-state index in [0.717, 1.165) is 0 Å². The van der Waals surface area contributed by atoms with E-state index in [2.05, 4.69) is 0 Å². The molecule has 22 heavy (non-hydrogen) atoms. The topological polar surface area (TPSA) is 66.8 Å². The maximum Gasteiger partial charge on any atom is 0.308 e. The molecule has 1 N–H and O–H groups in total. The number of hydrogen-bond acceptors (Lipinski definition) is 3. The van der Waals surface area contributed by atoms with Gasteiger partial charge in [0.2, 0.25) is 5.91 Å². The number of amides is 1. The lowest BCUT2D eigenvalue weighted by atomic mass is 9.99. The van der Waals surface area contributed by atoms with Crippen molar-refractivity contribution in [3.05, 3.63) is 29.6 Å². The van der Waals surface area contributed by atoms with Gasteiger partial charge in [0.05, 0.1) is 13.0 Å². The molecule has 6 heteroatoms. The molecule has 1 aliphatic heterocycles. The van der Waals surface area contributed by atoms with Crippen molar-refractivity contribution in [3.63, 3.8) is 0 Å². The SMILES string of the molecule is COc1ccc(CCC(=O)N2C[C@@H](C)[C@H](C(=O)O)C2)cc1F. The van der Waals surface area contributed by atoms with Crippen molar-refractivity contribution in [1.29, 1.82) is 0 Å². The highest BCUT2D eigenvalue weighted by Gasteiger charge is 2.36. The molecule has 0 aliphatic carbocycles. The molecule has 0 unspecified atom stereocenters. The van der Waals surface area contributed by atoms with Crippen LogP contribution >= 0.6 is 0 Å². The number of carboxylic acids is 1. The predicted octanol–water partition coefficient (Wildman–Crippen LogP) is 1.95. The molecule has 0 radical (unpaired) electrons. The lowest BCUT2D eigenvalue weighted by molar-refractivity contribution is -0.142. The largest absolute Gasteiger partial charge is 0.494 e. The second kappa shape index (κ2) is 6.77. The van der Waals surface area contributed by atoms with E-state index < -0.39 is 17.7 Å². The van der Waals surface area contributed by atoms with Crippen molar-refractivity contribution in [2.75, 3.05) is 20.2 Å². The second-order valence-electron chi connectivity index (χ2n) is 5.69. The van der Waals surface area contributed by atoms with Crippen molar-refractivity contribution in [2.45, 2.75) is 19.8 Å². The third-order valence-corrected chi connectivity index (χ3v) is 4.13. The molecule has 2 atom stereocenters. The van der Waals surface area contributed by atoms with Crippen LogP contribution in [0.25, 0.3) is 0 Å². The van der Waals surface area contributed by atoms with E-state index in [9.17, 15) is 14.0 Å². The molecule has 1 aromatic carbocycles. The Kier molecular flexibility index (Phi) is 5.00. The first-order valence-electron chi connectivity index (χ1n) is 7.25. The summed E-state index contributed by atoms with van der Waals surface area (Å²) >= 11 is 0. The van der Waals surface area contributed by atoms with Crippen molar-refractivity contribution in [3.8, 4) is 5.75 Å².